The van der Waals surface area contributed by atoms with Gasteiger partial charge in [0.1, 0.15) is 0 Å². The predicted octanol–water partition coefficient (Wildman–Crippen LogP) is 1.29. The second-order valence-electron chi connectivity index (χ2n) is 5.07. The first-order valence-electron chi connectivity index (χ1n) is 6.26. The minimum absolute atomic E-state index is 0.0526. The second-order valence-corrected chi connectivity index (χ2v) is 5.07. The van der Waals surface area contributed by atoms with Crippen LogP contribution in [0.4, 0.5) is 0 Å². The summed E-state index contributed by atoms with van der Waals surface area (Å²) >= 11 is 0. The molecule has 4 unspecified atom stereocenters. The normalized spacial score (nSPS) is 39.9. The zero-order valence-corrected chi connectivity index (χ0v) is 9.75. The standard InChI is InChI=1S/C12H22N2O/c1-3-9-7-10(9)14-12(15)11-8(2)5-4-6-13-11/h8-11,13H,3-7H2,1-2H3,(H,14,15). The molecule has 1 aliphatic heterocycles. The van der Waals surface area contributed by atoms with Gasteiger partial charge in [-0.3, -0.25) is 4.79 Å². The van der Waals surface area contributed by atoms with Gasteiger partial charge in [0.05, 0.1) is 6.04 Å². The first-order chi connectivity index (χ1) is 7.22. The summed E-state index contributed by atoms with van der Waals surface area (Å²) in [4.78, 5) is 11.9. The fraction of sp³-hybridized carbons (Fsp3) is 0.917. The highest BCUT2D eigenvalue weighted by atomic mass is 16.2. The minimum Gasteiger partial charge on any atom is -0.352 e. The third-order valence-corrected chi connectivity index (χ3v) is 3.83. The van der Waals surface area contributed by atoms with Gasteiger partial charge < -0.3 is 10.6 Å². The molecule has 1 saturated carbocycles. The number of hydrogen-bond donors (Lipinski definition) is 2. The van der Waals surface area contributed by atoms with Gasteiger partial charge in [-0.1, -0.05) is 20.3 Å². The van der Waals surface area contributed by atoms with Crippen molar-refractivity contribution in [2.75, 3.05) is 6.54 Å². The van der Waals surface area contributed by atoms with Crippen LogP contribution in [-0.2, 0) is 4.79 Å². The van der Waals surface area contributed by atoms with Crippen LogP contribution in [0.5, 0.6) is 0 Å². The van der Waals surface area contributed by atoms with Gasteiger partial charge in [-0.2, -0.15) is 0 Å². The van der Waals surface area contributed by atoms with Gasteiger partial charge in [0, 0.05) is 6.04 Å². The number of piperidine rings is 1. The number of carbonyl (C=O) groups excluding carboxylic acids is 1. The fourth-order valence-electron chi connectivity index (χ4n) is 2.55. The van der Waals surface area contributed by atoms with E-state index in [0.717, 1.165) is 12.5 Å². The maximum absolute atomic E-state index is 11.9. The largest absolute Gasteiger partial charge is 0.352 e. The maximum atomic E-state index is 11.9. The summed E-state index contributed by atoms with van der Waals surface area (Å²) in [6, 6.07) is 0.523. The molecule has 1 aliphatic carbocycles. The molecular weight excluding hydrogens is 188 g/mol. The lowest BCUT2D eigenvalue weighted by molar-refractivity contribution is -0.125. The number of carbonyl (C=O) groups is 1. The Labute approximate surface area is 92.0 Å². The summed E-state index contributed by atoms with van der Waals surface area (Å²) in [6.07, 6.45) is 4.75. The molecule has 4 atom stereocenters. The van der Waals surface area contributed by atoms with E-state index < -0.39 is 0 Å². The van der Waals surface area contributed by atoms with Crippen molar-refractivity contribution in [2.24, 2.45) is 11.8 Å². The van der Waals surface area contributed by atoms with E-state index in [9.17, 15) is 4.79 Å². The summed E-state index contributed by atoms with van der Waals surface area (Å²) in [5.41, 5.74) is 0. The minimum atomic E-state index is 0.0526. The summed E-state index contributed by atoms with van der Waals surface area (Å²) in [5.74, 6) is 1.45. The van der Waals surface area contributed by atoms with Crippen LogP contribution in [0, 0.1) is 11.8 Å². The van der Waals surface area contributed by atoms with Crippen molar-refractivity contribution in [3.63, 3.8) is 0 Å². The molecule has 2 fully saturated rings. The van der Waals surface area contributed by atoms with Gasteiger partial charge in [0.15, 0.2) is 0 Å². The van der Waals surface area contributed by atoms with Crippen molar-refractivity contribution in [3.05, 3.63) is 0 Å². The zero-order chi connectivity index (χ0) is 10.8. The van der Waals surface area contributed by atoms with E-state index in [1.54, 1.807) is 0 Å². The SMILES string of the molecule is CCC1CC1NC(=O)C1NCCCC1C. The Hall–Kier alpha value is -0.570. The van der Waals surface area contributed by atoms with Crippen LogP contribution in [0.3, 0.4) is 0 Å². The predicted molar refractivity (Wildman–Crippen MR) is 60.5 cm³/mol. The molecule has 0 aromatic carbocycles. The quantitative estimate of drug-likeness (QED) is 0.737. The van der Waals surface area contributed by atoms with E-state index in [-0.39, 0.29) is 11.9 Å². The maximum Gasteiger partial charge on any atom is 0.237 e. The lowest BCUT2D eigenvalue weighted by Crippen LogP contribution is -2.51. The Kier molecular flexibility index (Phi) is 3.29. The van der Waals surface area contributed by atoms with Crippen molar-refractivity contribution < 1.29 is 4.79 Å². The van der Waals surface area contributed by atoms with Crippen molar-refractivity contribution in [2.45, 2.75) is 51.6 Å². The van der Waals surface area contributed by atoms with E-state index in [4.69, 9.17) is 0 Å². The van der Waals surface area contributed by atoms with Gasteiger partial charge in [-0.25, -0.2) is 0 Å². The van der Waals surface area contributed by atoms with Crippen LogP contribution in [0.15, 0.2) is 0 Å². The smallest absolute Gasteiger partial charge is 0.237 e. The summed E-state index contributed by atoms with van der Waals surface area (Å²) in [5, 5.41) is 6.48. The molecule has 86 valence electrons. The fourth-order valence-corrected chi connectivity index (χ4v) is 2.55. The first kappa shape index (κ1) is 10.9. The summed E-state index contributed by atoms with van der Waals surface area (Å²) in [6.45, 7) is 5.35. The van der Waals surface area contributed by atoms with E-state index >= 15 is 0 Å². The molecule has 1 heterocycles. The molecular formula is C12H22N2O. The Morgan fingerprint density at radius 3 is 2.93 bits per heavy atom. The van der Waals surface area contributed by atoms with E-state index in [2.05, 4.69) is 24.5 Å². The molecule has 15 heavy (non-hydrogen) atoms. The Balaban J connectivity index is 1.79. The van der Waals surface area contributed by atoms with Crippen LogP contribution >= 0.6 is 0 Å². The molecule has 2 rings (SSSR count). The first-order valence-corrected chi connectivity index (χ1v) is 6.26. The van der Waals surface area contributed by atoms with Gasteiger partial charge >= 0.3 is 0 Å². The average Bonchev–Trinajstić information content (AvgIpc) is 2.97. The number of rotatable bonds is 3. The molecule has 3 heteroatoms. The Morgan fingerprint density at radius 2 is 2.33 bits per heavy atom. The highest BCUT2D eigenvalue weighted by molar-refractivity contribution is 5.82. The third kappa shape index (κ3) is 2.51. The van der Waals surface area contributed by atoms with Crippen molar-refractivity contribution in [3.8, 4) is 0 Å². The lowest BCUT2D eigenvalue weighted by atomic mass is 9.92. The summed E-state index contributed by atoms with van der Waals surface area (Å²) in [7, 11) is 0. The van der Waals surface area contributed by atoms with E-state index in [1.165, 1.54) is 25.7 Å². The highest BCUT2D eigenvalue weighted by Gasteiger charge is 2.38. The third-order valence-electron chi connectivity index (χ3n) is 3.83. The number of nitrogens with one attached hydrogen (secondary N) is 2. The number of amides is 1. The molecule has 2 aliphatic rings. The monoisotopic (exact) mass is 210 g/mol. The van der Waals surface area contributed by atoms with Crippen molar-refractivity contribution in [1.29, 1.82) is 0 Å². The molecule has 0 bridgehead atoms. The molecule has 2 N–H and O–H groups in total. The Bertz CT molecular complexity index is 242. The molecule has 0 aromatic heterocycles. The number of hydrogen-bond acceptors (Lipinski definition) is 2. The van der Waals surface area contributed by atoms with Crippen molar-refractivity contribution in [1.82, 2.24) is 10.6 Å². The van der Waals surface area contributed by atoms with Crippen LogP contribution in [0.1, 0.15) is 39.5 Å². The van der Waals surface area contributed by atoms with Gasteiger partial charge in [-0.05, 0) is 37.6 Å². The second kappa shape index (κ2) is 4.52. The molecule has 1 saturated heterocycles. The molecule has 3 nitrogen and oxygen atoms in total. The van der Waals surface area contributed by atoms with Crippen LogP contribution < -0.4 is 10.6 Å². The van der Waals surface area contributed by atoms with Crippen LogP contribution in [-0.4, -0.2) is 24.5 Å². The van der Waals surface area contributed by atoms with Gasteiger partial charge in [-0.15, -0.1) is 0 Å². The van der Waals surface area contributed by atoms with E-state index in [0.29, 0.717) is 12.0 Å². The lowest BCUT2D eigenvalue weighted by Gasteiger charge is -2.29. The molecule has 1 amide bonds. The van der Waals surface area contributed by atoms with Crippen molar-refractivity contribution >= 4 is 5.91 Å². The summed E-state index contributed by atoms with van der Waals surface area (Å²) < 4.78 is 0. The topological polar surface area (TPSA) is 41.1 Å². The molecule has 0 radical (unpaired) electrons. The highest BCUT2D eigenvalue weighted by Crippen LogP contribution is 2.33. The van der Waals surface area contributed by atoms with Crippen LogP contribution in [0.2, 0.25) is 0 Å². The zero-order valence-electron chi connectivity index (χ0n) is 9.75. The molecule has 0 spiro atoms. The molecule has 0 aromatic rings. The van der Waals surface area contributed by atoms with Crippen LogP contribution in [0.25, 0.3) is 0 Å². The van der Waals surface area contributed by atoms with Gasteiger partial charge in [0.2, 0.25) is 5.91 Å². The van der Waals surface area contributed by atoms with E-state index in [1.807, 2.05) is 0 Å². The average molecular weight is 210 g/mol. The van der Waals surface area contributed by atoms with Gasteiger partial charge in [0.25, 0.3) is 0 Å². The Morgan fingerprint density at radius 1 is 1.53 bits per heavy atom.